The number of carbonyl (C=O) groups excluding carboxylic acids is 2. The standard InChI is InChI=1S/C20H29NO4/c1-20(2,3)15-9-10-17(24-4)16(12-15)21-18(22)13-25-19(23)11-14-7-5-6-8-14/h9-10,12,14H,5-8,11,13H2,1-4H3,(H,21,22). The van der Waals surface area contributed by atoms with Crippen LogP contribution in [0.3, 0.4) is 0 Å². The Balaban J connectivity index is 1.91. The van der Waals surface area contributed by atoms with Crippen molar-refractivity contribution in [2.45, 2.75) is 58.3 Å². The molecule has 2 rings (SSSR count). The number of anilines is 1. The van der Waals surface area contributed by atoms with Gasteiger partial charge >= 0.3 is 5.97 Å². The maximum atomic E-state index is 12.1. The van der Waals surface area contributed by atoms with Crippen LogP contribution in [-0.4, -0.2) is 25.6 Å². The molecule has 1 aliphatic carbocycles. The molecule has 1 fully saturated rings. The number of rotatable bonds is 6. The molecule has 0 bridgehead atoms. The molecular weight excluding hydrogens is 318 g/mol. The summed E-state index contributed by atoms with van der Waals surface area (Å²) in [4.78, 5) is 24.0. The van der Waals surface area contributed by atoms with Gasteiger partial charge < -0.3 is 14.8 Å². The molecule has 1 amide bonds. The van der Waals surface area contributed by atoms with E-state index in [2.05, 4.69) is 26.1 Å². The topological polar surface area (TPSA) is 64.6 Å². The fourth-order valence-corrected chi connectivity index (χ4v) is 3.11. The van der Waals surface area contributed by atoms with E-state index in [4.69, 9.17) is 9.47 Å². The molecule has 1 aromatic carbocycles. The Hall–Kier alpha value is -2.04. The van der Waals surface area contributed by atoms with E-state index in [1.165, 1.54) is 12.8 Å². The van der Waals surface area contributed by atoms with Gasteiger partial charge in [-0.25, -0.2) is 0 Å². The number of hydrogen-bond donors (Lipinski definition) is 1. The van der Waals surface area contributed by atoms with E-state index in [1.807, 2.05) is 18.2 Å². The van der Waals surface area contributed by atoms with E-state index < -0.39 is 0 Å². The molecule has 0 heterocycles. The third-order valence-corrected chi connectivity index (χ3v) is 4.63. The predicted molar refractivity (Wildman–Crippen MR) is 97.9 cm³/mol. The fraction of sp³-hybridized carbons (Fsp3) is 0.600. The van der Waals surface area contributed by atoms with Crippen LogP contribution in [0.5, 0.6) is 5.75 Å². The molecule has 0 radical (unpaired) electrons. The summed E-state index contributed by atoms with van der Waals surface area (Å²) in [7, 11) is 1.56. The van der Waals surface area contributed by atoms with Gasteiger partial charge in [-0.2, -0.15) is 0 Å². The summed E-state index contributed by atoms with van der Waals surface area (Å²) in [5.41, 5.74) is 1.63. The van der Waals surface area contributed by atoms with Crippen LogP contribution in [0, 0.1) is 5.92 Å². The molecule has 5 heteroatoms. The van der Waals surface area contributed by atoms with Crippen molar-refractivity contribution < 1.29 is 19.1 Å². The number of nitrogens with one attached hydrogen (secondary N) is 1. The quantitative estimate of drug-likeness (QED) is 0.788. The number of benzene rings is 1. The van der Waals surface area contributed by atoms with Crippen molar-refractivity contribution >= 4 is 17.6 Å². The Morgan fingerprint density at radius 1 is 1.20 bits per heavy atom. The van der Waals surface area contributed by atoms with E-state index in [0.717, 1.165) is 18.4 Å². The first kappa shape index (κ1) is 19.3. The van der Waals surface area contributed by atoms with Crippen molar-refractivity contribution in [3.63, 3.8) is 0 Å². The minimum atomic E-state index is -0.357. The summed E-state index contributed by atoms with van der Waals surface area (Å²) >= 11 is 0. The molecular formula is C20H29NO4. The predicted octanol–water partition coefficient (Wildman–Crippen LogP) is 4.05. The van der Waals surface area contributed by atoms with Crippen molar-refractivity contribution in [2.75, 3.05) is 19.0 Å². The van der Waals surface area contributed by atoms with Gasteiger partial charge in [0.1, 0.15) is 5.75 Å². The maximum Gasteiger partial charge on any atom is 0.306 e. The van der Waals surface area contributed by atoms with Crippen LogP contribution in [0.2, 0.25) is 0 Å². The zero-order valence-electron chi connectivity index (χ0n) is 15.7. The van der Waals surface area contributed by atoms with Crippen LogP contribution >= 0.6 is 0 Å². The second-order valence-electron chi connectivity index (χ2n) is 7.73. The van der Waals surface area contributed by atoms with Crippen molar-refractivity contribution in [1.82, 2.24) is 0 Å². The highest BCUT2D eigenvalue weighted by atomic mass is 16.5. The molecule has 1 saturated carbocycles. The number of amides is 1. The molecule has 1 aromatic rings. The summed E-state index contributed by atoms with van der Waals surface area (Å²) in [5, 5.41) is 2.78. The summed E-state index contributed by atoms with van der Waals surface area (Å²) in [6.07, 6.45) is 4.94. The third-order valence-electron chi connectivity index (χ3n) is 4.63. The van der Waals surface area contributed by atoms with Gasteiger partial charge in [-0.15, -0.1) is 0 Å². The average molecular weight is 347 g/mol. The number of methoxy groups -OCH3 is 1. The van der Waals surface area contributed by atoms with Crippen LogP contribution in [-0.2, 0) is 19.7 Å². The first-order chi connectivity index (χ1) is 11.8. The van der Waals surface area contributed by atoms with Crippen LogP contribution in [0.15, 0.2) is 18.2 Å². The summed E-state index contributed by atoms with van der Waals surface area (Å²) < 4.78 is 10.4. The summed E-state index contributed by atoms with van der Waals surface area (Å²) in [6.45, 7) is 6.04. The molecule has 0 spiro atoms. The van der Waals surface area contributed by atoms with Gasteiger partial charge in [-0.05, 0) is 41.9 Å². The normalized spacial score (nSPS) is 15.0. The number of carbonyl (C=O) groups is 2. The van der Waals surface area contributed by atoms with Crippen LogP contribution in [0.25, 0.3) is 0 Å². The first-order valence-electron chi connectivity index (χ1n) is 8.93. The minimum absolute atomic E-state index is 0.0422. The average Bonchev–Trinajstić information content (AvgIpc) is 3.05. The number of hydrogen-bond acceptors (Lipinski definition) is 4. The lowest BCUT2D eigenvalue weighted by Gasteiger charge is -2.21. The van der Waals surface area contributed by atoms with E-state index in [0.29, 0.717) is 23.8 Å². The Morgan fingerprint density at radius 3 is 2.48 bits per heavy atom. The minimum Gasteiger partial charge on any atom is -0.495 e. The molecule has 1 aliphatic rings. The van der Waals surface area contributed by atoms with Crippen molar-refractivity contribution in [1.29, 1.82) is 0 Å². The molecule has 0 atom stereocenters. The van der Waals surface area contributed by atoms with Crippen LogP contribution in [0.1, 0.15) is 58.4 Å². The molecule has 138 valence electrons. The van der Waals surface area contributed by atoms with Crippen molar-refractivity contribution in [2.24, 2.45) is 5.92 Å². The Morgan fingerprint density at radius 2 is 1.88 bits per heavy atom. The SMILES string of the molecule is COc1ccc(C(C)(C)C)cc1NC(=O)COC(=O)CC1CCCC1. The maximum absolute atomic E-state index is 12.1. The zero-order chi connectivity index (χ0) is 18.4. The summed E-state index contributed by atoms with van der Waals surface area (Å²) in [6, 6.07) is 5.72. The molecule has 0 unspecified atom stereocenters. The molecule has 0 aliphatic heterocycles. The van der Waals surface area contributed by atoms with E-state index >= 15 is 0 Å². The second-order valence-corrected chi connectivity index (χ2v) is 7.73. The second kappa shape index (κ2) is 8.37. The highest BCUT2D eigenvalue weighted by Gasteiger charge is 2.20. The molecule has 25 heavy (non-hydrogen) atoms. The number of esters is 1. The Kier molecular flexibility index (Phi) is 6.45. The first-order valence-corrected chi connectivity index (χ1v) is 8.93. The van der Waals surface area contributed by atoms with Gasteiger partial charge in [0.2, 0.25) is 0 Å². The smallest absolute Gasteiger partial charge is 0.306 e. The van der Waals surface area contributed by atoms with Crippen LogP contribution < -0.4 is 10.1 Å². The van der Waals surface area contributed by atoms with E-state index in [1.54, 1.807) is 7.11 Å². The Labute approximate surface area is 150 Å². The van der Waals surface area contributed by atoms with Gasteiger partial charge in [0.05, 0.1) is 12.8 Å². The van der Waals surface area contributed by atoms with Crippen molar-refractivity contribution in [3.8, 4) is 5.75 Å². The Bertz CT molecular complexity index is 613. The highest BCUT2D eigenvalue weighted by Crippen LogP contribution is 2.31. The third kappa shape index (κ3) is 5.76. The highest BCUT2D eigenvalue weighted by molar-refractivity contribution is 5.94. The molecule has 0 saturated heterocycles. The molecule has 1 N–H and O–H groups in total. The van der Waals surface area contributed by atoms with Gasteiger partial charge in [-0.3, -0.25) is 9.59 Å². The lowest BCUT2D eigenvalue weighted by Crippen LogP contribution is -2.22. The van der Waals surface area contributed by atoms with Gasteiger partial charge in [-0.1, -0.05) is 39.7 Å². The van der Waals surface area contributed by atoms with Crippen molar-refractivity contribution in [3.05, 3.63) is 23.8 Å². The largest absolute Gasteiger partial charge is 0.495 e. The zero-order valence-corrected chi connectivity index (χ0v) is 15.7. The molecule has 5 nitrogen and oxygen atoms in total. The van der Waals surface area contributed by atoms with Gasteiger partial charge in [0, 0.05) is 6.42 Å². The fourth-order valence-electron chi connectivity index (χ4n) is 3.11. The number of ether oxygens (including phenoxy) is 2. The monoisotopic (exact) mass is 347 g/mol. The van der Waals surface area contributed by atoms with E-state index in [9.17, 15) is 9.59 Å². The molecule has 0 aromatic heterocycles. The van der Waals surface area contributed by atoms with E-state index in [-0.39, 0.29) is 23.9 Å². The summed E-state index contributed by atoms with van der Waals surface area (Å²) in [5.74, 6) is 0.347. The lowest BCUT2D eigenvalue weighted by molar-refractivity contribution is -0.148. The van der Waals surface area contributed by atoms with Crippen LogP contribution in [0.4, 0.5) is 5.69 Å². The lowest BCUT2D eigenvalue weighted by atomic mass is 9.87. The van der Waals surface area contributed by atoms with Gasteiger partial charge in [0.15, 0.2) is 6.61 Å². The van der Waals surface area contributed by atoms with Gasteiger partial charge in [0.25, 0.3) is 5.91 Å².